The second kappa shape index (κ2) is 45.1. The zero-order chi connectivity index (χ0) is 102. The number of aliphatic hydroxyl groups excluding tert-OH is 1. The molecular formula is C72H101N26O36P5S4. The van der Waals surface area contributed by atoms with Crippen molar-refractivity contribution in [3.05, 3.63) is 107 Å². The zero-order valence-corrected chi connectivity index (χ0v) is 84.0. The smallest absolute Gasteiger partial charge is 0.387 e. The van der Waals surface area contributed by atoms with E-state index in [9.17, 15) is 53.5 Å². The number of nitrogen functional groups attached to an aromatic ring is 6. The fourth-order valence-electron chi connectivity index (χ4n) is 16.5. The van der Waals surface area contributed by atoms with Crippen molar-refractivity contribution in [2.45, 2.75) is 169 Å². The van der Waals surface area contributed by atoms with Gasteiger partial charge >= 0.3 is 46.1 Å². The molecule has 6 fully saturated rings. The number of H-pyrrole nitrogens is 3. The van der Waals surface area contributed by atoms with Crippen LogP contribution in [0.15, 0.2) is 68.0 Å². The van der Waals surface area contributed by atoms with Gasteiger partial charge in [-0.15, -0.1) is 0 Å². The molecule has 0 saturated carbocycles. The number of aryl methyl sites for hydroxylation is 2. The summed E-state index contributed by atoms with van der Waals surface area (Å²) in [5.41, 5.74) is 32.2. The van der Waals surface area contributed by atoms with E-state index in [1.807, 2.05) is 0 Å². The number of aromatic amines is 3. The molecule has 0 spiro atoms. The first kappa shape index (κ1) is 108. The monoisotopic (exact) mass is 2190 g/mol. The number of aromatic nitrogens is 20. The van der Waals surface area contributed by atoms with Crippen LogP contribution in [0.2, 0.25) is 0 Å². The van der Waals surface area contributed by atoms with E-state index in [4.69, 9.17) is 193 Å². The van der Waals surface area contributed by atoms with Gasteiger partial charge < -0.3 is 157 Å². The summed E-state index contributed by atoms with van der Waals surface area (Å²) in [5, 5.41) is 12.0. The number of hydrogen-bond acceptors (Lipinski definition) is 52. The molecule has 27 atom stereocenters. The minimum absolute atomic E-state index is 0.0143. The van der Waals surface area contributed by atoms with Crippen LogP contribution in [0.5, 0.6) is 0 Å². The Bertz CT molecular complexity index is 6830. The number of ether oxygens (including phenoxy) is 14. The Morgan fingerprint density at radius 2 is 0.734 bits per heavy atom. The molecule has 10 aromatic rings. The molecule has 0 radical (unpaired) electrons. The third-order valence-corrected chi connectivity index (χ3v) is 30.5. The molecule has 0 bridgehead atoms. The van der Waals surface area contributed by atoms with Crippen molar-refractivity contribution in [3.63, 3.8) is 0 Å². The topological polar surface area (TPSA) is 820 Å². The van der Waals surface area contributed by atoms with Gasteiger partial charge in [-0.1, -0.05) is 0 Å². The average molecular weight is 2190 g/mol. The Morgan fingerprint density at radius 3 is 1.16 bits per heavy atom. The molecule has 16 heterocycles. The van der Waals surface area contributed by atoms with E-state index in [2.05, 4.69) is 69.8 Å². The number of nitrogens with one attached hydrogen (secondary N) is 3. The number of phosphoric acid groups is 1. The second-order valence-electron chi connectivity index (χ2n) is 32.7. The van der Waals surface area contributed by atoms with Crippen LogP contribution in [-0.4, -0.2) is 339 Å². The Morgan fingerprint density at radius 1 is 0.392 bits per heavy atom. The third kappa shape index (κ3) is 24.4. The molecule has 143 heavy (non-hydrogen) atoms. The van der Waals surface area contributed by atoms with Crippen LogP contribution < -0.4 is 62.5 Å². The summed E-state index contributed by atoms with van der Waals surface area (Å²) in [6, 6.07) is 0. The Balaban J connectivity index is 0.682. The van der Waals surface area contributed by atoms with Crippen LogP contribution in [0.1, 0.15) is 68.3 Å². The number of nitrogens with zero attached hydrogens (tertiary/aromatic N) is 17. The number of fused-ring (bicyclic) bond motifs is 4. The van der Waals surface area contributed by atoms with E-state index in [1.54, 1.807) is 20.8 Å². The lowest BCUT2D eigenvalue weighted by Gasteiger charge is -2.30. The SMILES string of the molecule is COCCO[C@H]1C(O)[C@@H](COP(O)(=S)OC2[C@@H](COP(O)(=S)OC3[C@@H](COP(=O)(O)OC4[C@@H](COP(O)(=S)OC5C[C@H](n6cc(C)c(N)nc6=O)O[C@@H]5COP(O)(=S)OC5C[C@H](n6cc(C)c(N)nc6=O)O[C@@H]5C)O[C@@H](n5cnc6c(N)ncnc65)[C@H]4OCCOC)O[C@@H](n4cnc5c(=O)[nH]c(N)nc54)[C@H]3OCCOC)O[C@@H](n3cnc4c(=O)[nH]c(N)nc43)[C@H]2OCCOC)O[C@H]1n1cnc2c(=O)[nH]c(N)nc21. The molecule has 0 amide bonds. The van der Waals surface area contributed by atoms with Crippen LogP contribution in [-0.2, 0) is 163 Å². The van der Waals surface area contributed by atoms with E-state index in [0.29, 0.717) is 11.1 Å². The van der Waals surface area contributed by atoms with Crippen LogP contribution in [0.25, 0.3) is 44.7 Å². The highest BCUT2D eigenvalue weighted by Crippen LogP contribution is 2.58. The number of methoxy groups -OCH3 is 4. The van der Waals surface area contributed by atoms with Gasteiger partial charge in [0.25, 0.3) is 16.7 Å². The first-order valence-corrected chi connectivity index (χ1v) is 55.0. The van der Waals surface area contributed by atoms with Crippen LogP contribution >= 0.6 is 34.7 Å². The fraction of sp³-hybridized carbons (Fsp3) is 0.611. The van der Waals surface area contributed by atoms with Gasteiger partial charge in [0.2, 0.25) is 17.8 Å². The minimum Gasteiger partial charge on any atom is -0.387 e. The van der Waals surface area contributed by atoms with Gasteiger partial charge in [-0.05, 0) is 68.0 Å². The molecular weight excluding hydrogens is 2090 g/mol. The Hall–Kier alpha value is -8.21. The summed E-state index contributed by atoms with van der Waals surface area (Å²) in [5.74, 6) is -1.22. The Labute approximate surface area is 824 Å². The van der Waals surface area contributed by atoms with Crippen LogP contribution in [0, 0.1) is 13.8 Å². The van der Waals surface area contributed by atoms with Gasteiger partial charge in [-0.2, -0.15) is 24.9 Å². The van der Waals surface area contributed by atoms with Crippen molar-refractivity contribution >= 4 is 162 Å². The molecule has 11 unspecified atom stereocenters. The maximum atomic E-state index is 15.5. The van der Waals surface area contributed by atoms with Gasteiger partial charge in [0, 0.05) is 64.8 Å². The van der Waals surface area contributed by atoms with Gasteiger partial charge in [0.15, 0.2) is 69.9 Å². The normalized spacial score (nSPS) is 29.0. The van der Waals surface area contributed by atoms with E-state index >= 15 is 4.57 Å². The van der Waals surface area contributed by atoms with E-state index < -0.39 is 237 Å². The number of phosphoric ester groups is 1. The molecule has 10 aromatic heterocycles. The van der Waals surface area contributed by atoms with Crippen molar-refractivity contribution in [3.8, 4) is 0 Å². The quantitative estimate of drug-likeness (QED) is 0.0138. The third-order valence-electron chi connectivity index (χ3n) is 23.2. The van der Waals surface area contributed by atoms with Crippen LogP contribution in [0.3, 0.4) is 0 Å². The highest BCUT2D eigenvalue weighted by atomic mass is 32.5. The number of aliphatic hydroxyl groups is 1. The van der Waals surface area contributed by atoms with Crippen molar-refractivity contribution < 1.29 is 146 Å². The summed E-state index contributed by atoms with van der Waals surface area (Å²) in [6.45, 7) is -20.0. The lowest BCUT2D eigenvalue weighted by molar-refractivity contribution is -0.0815. The predicted octanol–water partition coefficient (Wildman–Crippen LogP) is -2.50. The summed E-state index contributed by atoms with van der Waals surface area (Å²) in [7, 11) is -0.349. The first-order chi connectivity index (χ1) is 68.0. The van der Waals surface area contributed by atoms with Crippen molar-refractivity contribution in [1.29, 1.82) is 0 Å². The largest absolute Gasteiger partial charge is 0.472 e. The number of anilines is 6. The highest BCUT2D eigenvalue weighted by Gasteiger charge is 2.58. The van der Waals surface area contributed by atoms with Gasteiger partial charge in [-0.25, -0.2) is 44.1 Å². The second-order valence-corrected chi connectivity index (χ2v) is 45.3. The first-order valence-electron chi connectivity index (χ1n) is 43.1. The molecule has 0 aromatic carbocycles. The fourth-order valence-corrected chi connectivity index (χ4v) is 23.3. The number of hydrogen-bond donors (Lipinski definition) is 15. The summed E-state index contributed by atoms with van der Waals surface area (Å²) in [4.78, 5) is 181. The standard InChI is InChI=1S/C72H101N26O36P5S4/c1-30-18-93(71(103)85-54(30)73)40-16-33(32(3)124-40)130-136(107,140)120-20-35-34(17-41(125-35)94-19-31(2)55(74)86-72(94)104)131-137(108,141)122-23-38-47(51(116-13-9-112-5)65(128-38)95-26-81-42-56(75)79-25-80-57(42)95)132-135(105,106)119-22-37-48(52(117-14-10-113-6)66(127-37)97-28-83-44-59(97)88-69(77)91-62(44)101)133-139(110,143)123-24-39-49(53(118-15-11-114-7)67(129-39)98-29-84-45-60(98)89-70(78)92-63(45)102)134-138(109,142)121-21-36-46(99)50(115-12-8-111-4)64(126-36)96-27-82-43-58(96)87-68(76)90-61(43)100/h18-19,25-29,32-41,46-53,64-67,99H,8-17,20-24H2,1-7H3,(H,105,106)(H,107,140)(H,108,141)(H,109,142)(H,110,143)(H2,73,85,103)(H2,74,86,104)(H2,75,79,80)(H3,76,87,90,100)(H3,77,88,91,101)(H3,78,89,92,102)/t32-,33?,34?,35-,36-,37-,38-,39-,40-,41-,46?,47?,48?,49?,50+,51+,52+,53+,64-,65-,66-,67-,136?,137?,138?,139?/m1/s1. The van der Waals surface area contributed by atoms with E-state index in [1.165, 1.54) is 76.3 Å². The number of imidazole rings is 4. The predicted molar refractivity (Wildman–Crippen MR) is 504 cm³/mol. The summed E-state index contributed by atoms with van der Waals surface area (Å²) >= 11 is 22.9. The molecule has 6 aliphatic heterocycles. The number of rotatable bonds is 47. The molecule has 21 N–H and O–H groups in total. The lowest BCUT2D eigenvalue weighted by Crippen LogP contribution is -2.40. The van der Waals surface area contributed by atoms with E-state index in [0.717, 1.165) is 23.5 Å². The lowest BCUT2D eigenvalue weighted by atomic mass is 10.1. The van der Waals surface area contributed by atoms with E-state index in [-0.39, 0.29) is 140 Å². The molecule has 6 saturated heterocycles. The maximum absolute atomic E-state index is 15.5. The molecule has 16 rings (SSSR count). The molecule has 62 nitrogen and oxygen atoms in total. The van der Waals surface area contributed by atoms with Crippen molar-refractivity contribution in [2.24, 2.45) is 0 Å². The minimum atomic E-state index is -5.82. The zero-order valence-electron chi connectivity index (χ0n) is 76.2. The summed E-state index contributed by atoms with van der Waals surface area (Å²) < 4.78 is 170. The Kier molecular flexibility index (Phi) is 33.9. The average Bonchev–Trinajstić information content (AvgIpc) is 1.61. The highest BCUT2D eigenvalue weighted by molar-refractivity contribution is 8.08. The van der Waals surface area contributed by atoms with Gasteiger partial charge in [0.1, 0.15) is 115 Å². The van der Waals surface area contributed by atoms with Crippen molar-refractivity contribution in [2.75, 3.05) is 149 Å². The maximum Gasteiger partial charge on any atom is 0.472 e. The van der Waals surface area contributed by atoms with Crippen LogP contribution in [0.4, 0.5) is 35.3 Å². The summed E-state index contributed by atoms with van der Waals surface area (Å²) in [6.07, 6.45) is -24.5. The van der Waals surface area contributed by atoms with Gasteiger partial charge in [-0.3, -0.25) is 74.8 Å². The molecule has 71 heteroatoms. The van der Waals surface area contributed by atoms with Gasteiger partial charge in [0.05, 0.1) is 130 Å². The molecule has 0 aliphatic carbocycles. The molecule has 784 valence electrons. The molecule has 6 aliphatic rings. The number of nitrogens with two attached hydrogens (primary N) is 6. The van der Waals surface area contributed by atoms with Crippen molar-refractivity contribution in [1.82, 2.24) is 97.2 Å².